The second kappa shape index (κ2) is 8.27. The Morgan fingerprint density at radius 3 is 2.29 bits per heavy atom. The van der Waals surface area contributed by atoms with Crippen molar-refractivity contribution in [3.8, 4) is 0 Å². The number of likely N-dealkylation sites (tertiary alicyclic amines) is 3. The maximum Gasteiger partial charge on any atom is 0.257 e. The number of piperidine rings is 2. The minimum atomic E-state index is 0.0912. The lowest BCUT2D eigenvalue weighted by Crippen LogP contribution is -2.51. The molecule has 1 aromatic rings. The summed E-state index contributed by atoms with van der Waals surface area (Å²) in [5.74, 6) is 2.14. The second-order valence-corrected chi connectivity index (χ2v) is 8.72. The van der Waals surface area contributed by atoms with E-state index >= 15 is 0 Å². The van der Waals surface area contributed by atoms with Crippen LogP contribution in [0.1, 0.15) is 60.4 Å². The summed E-state index contributed by atoms with van der Waals surface area (Å²) < 4.78 is 5.53. The van der Waals surface area contributed by atoms with E-state index in [-0.39, 0.29) is 11.8 Å². The van der Waals surface area contributed by atoms with Gasteiger partial charge in [0.2, 0.25) is 5.91 Å². The van der Waals surface area contributed by atoms with Crippen molar-refractivity contribution in [1.29, 1.82) is 0 Å². The number of aryl methyl sites for hydroxylation is 2. The van der Waals surface area contributed by atoms with Gasteiger partial charge in [-0.25, -0.2) is 0 Å². The summed E-state index contributed by atoms with van der Waals surface area (Å²) in [5.41, 5.74) is 0.699. The molecule has 3 fully saturated rings. The first-order valence-electron chi connectivity index (χ1n) is 10.9. The highest BCUT2D eigenvalue weighted by Gasteiger charge is 2.35. The van der Waals surface area contributed by atoms with Crippen molar-refractivity contribution >= 4 is 11.8 Å². The van der Waals surface area contributed by atoms with Crippen LogP contribution in [0.4, 0.5) is 0 Å². The molecule has 0 radical (unpaired) electrons. The van der Waals surface area contributed by atoms with Gasteiger partial charge in [0.15, 0.2) is 0 Å². The van der Waals surface area contributed by atoms with Crippen molar-refractivity contribution in [1.82, 2.24) is 14.7 Å². The van der Waals surface area contributed by atoms with E-state index in [2.05, 4.69) is 9.80 Å². The number of amides is 2. The van der Waals surface area contributed by atoms with E-state index in [9.17, 15) is 9.59 Å². The third kappa shape index (κ3) is 3.97. The number of carbonyl (C=O) groups excluding carboxylic acids is 2. The lowest BCUT2D eigenvalue weighted by molar-refractivity contribution is -0.136. The Balaban J connectivity index is 1.31. The molecule has 4 rings (SSSR count). The molecular weight excluding hydrogens is 354 g/mol. The number of hydrogen-bond donors (Lipinski definition) is 0. The summed E-state index contributed by atoms with van der Waals surface area (Å²) in [6.45, 7) is 9.19. The van der Waals surface area contributed by atoms with Crippen LogP contribution in [0.5, 0.6) is 0 Å². The Bertz CT molecular complexity index is 715. The van der Waals surface area contributed by atoms with E-state index in [1.807, 2.05) is 24.8 Å². The molecule has 0 bridgehead atoms. The number of hydrogen-bond acceptors (Lipinski definition) is 4. The first-order chi connectivity index (χ1) is 13.5. The normalized spacial score (nSPS) is 24.7. The largest absolute Gasteiger partial charge is 0.466 e. The van der Waals surface area contributed by atoms with Gasteiger partial charge in [0.1, 0.15) is 11.5 Å². The molecule has 2 amide bonds. The standard InChI is InChI=1S/C22H33N3O3/c1-16-14-20(17(2)28-16)22(27)24-12-7-19(8-13-24)25-11-5-6-18(15-25)21(26)23-9-3-4-10-23/h14,18-19H,3-13,15H2,1-2H3/t18-/m1/s1. The number of nitrogens with zero attached hydrogens (tertiary/aromatic N) is 3. The van der Waals surface area contributed by atoms with Crippen molar-refractivity contribution in [3.05, 3.63) is 23.2 Å². The highest BCUT2D eigenvalue weighted by molar-refractivity contribution is 5.95. The number of carbonyl (C=O) groups is 2. The highest BCUT2D eigenvalue weighted by Crippen LogP contribution is 2.27. The summed E-state index contributed by atoms with van der Waals surface area (Å²) in [6.07, 6.45) is 6.44. The number of rotatable bonds is 3. The van der Waals surface area contributed by atoms with Crippen LogP contribution < -0.4 is 0 Å². The van der Waals surface area contributed by atoms with Gasteiger partial charge in [-0.2, -0.15) is 0 Å². The van der Waals surface area contributed by atoms with Crippen LogP contribution in [-0.4, -0.2) is 71.8 Å². The molecule has 28 heavy (non-hydrogen) atoms. The van der Waals surface area contributed by atoms with Gasteiger partial charge in [0.25, 0.3) is 5.91 Å². The van der Waals surface area contributed by atoms with Crippen LogP contribution in [0.25, 0.3) is 0 Å². The van der Waals surface area contributed by atoms with Gasteiger partial charge in [0, 0.05) is 38.8 Å². The molecule has 0 aromatic carbocycles. The molecule has 0 N–H and O–H groups in total. The fourth-order valence-electron chi connectivity index (χ4n) is 5.18. The van der Waals surface area contributed by atoms with E-state index in [4.69, 9.17) is 4.42 Å². The number of furan rings is 1. The molecule has 154 valence electrons. The SMILES string of the molecule is Cc1cc(C(=O)N2CCC(N3CCC[C@@H](C(=O)N4CCCC4)C3)CC2)c(C)o1. The Kier molecular flexibility index (Phi) is 5.76. The molecule has 3 saturated heterocycles. The molecule has 0 saturated carbocycles. The molecule has 0 aliphatic carbocycles. The van der Waals surface area contributed by atoms with Crippen LogP contribution in [-0.2, 0) is 4.79 Å². The summed E-state index contributed by atoms with van der Waals surface area (Å²) in [7, 11) is 0. The van der Waals surface area contributed by atoms with E-state index in [1.165, 1.54) is 0 Å². The molecule has 1 atom stereocenters. The Morgan fingerprint density at radius 1 is 0.929 bits per heavy atom. The predicted molar refractivity (Wildman–Crippen MR) is 107 cm³/mol. The van der Waals surface area contributed by atoms with Crippen molar-refractivity contribution < 1.29 is 14.0 Å². The molecule has 6 nitrogen and oxygen atoms in total. The van der Waals surface area contributed by atoms with Crippen molar-refractivity contribution in [2.75, 3.05) is 39.3 Å². The van der Waals surface area contributed by atoms with E-state index < -0.39 is 0 Å². The van der Waals surface area contributed by atoms with Gasteiger partial charge < -0.3 is 14.2 Å². The van der Waals surface area contributed by atoms with Crippen molar-refractivity contribution in [2.45, 2.75) is 58.4 Å². The third-order valence-electron chi connectivity index (χ3n) is 6.76. The smallest absolute Gasteiger partial charge is 0.257 e. The molecule has 1 aromatic heterocycles. The van der Waals surface area contributed by atoms with Gasteiger partial charge in [-0.1, -0.05) is 0 Å². The summed E-state index contributed by atoms with van der Waals surface area (Å²) in [5, 5.41) is 0. The zero-order chi connectivity index (χ0) is 19.7. The van der Waals surface area contributed by atoms with Gasteiger partial charge in [0.05, 0.1) is 11.5 Å². The molecule has 3 aliphatic heterocycles. The zero-order valence-electron chi connectivity index (χ0n) is 17.3. The molecule has 3 aliphatic rings. The Labute approximate surface area is 167 Å². The molecule has 0 spiro atoms. The predicted octanol–water partition coefficient (Wildman–Crippen LogP) is 2.84. The first-order valence-corrected chi connectivity index (χ1v) is 10.9. The summed E-state index contributed by atoms with van der Waals surface area (Å²) in [6, 6.07) is 2.34. The van der Waals surface area contributed by atoms with Crippen LogP contribution in [0.3, 0.4) is 0 Å². The molecule has 0 unspecified atom stereocenters. The van der Waals surface area contributed by atoms with Gasteiger partial charge >= 0.3 is 0 Å². The average molecular weight is 388 g/mol. The summed E-state index contributed by atoms with van der Waals surface area (Å²) >= 11 is 0. The minimum Gasteiger partial charge on any atom is -0.466 e. The lowest BCUT2D eigenvalue weighted by Gasteiger charge is -2.42. The fourth-order valence-corrected chi connectivity index (χ4v) is 5.18. The molecule has 4 heterocycles. The van der Waals surface area contributed by atoms with Crippen LogP contribution in [0, 0.1) is 19.8 Å². The molecule has 6 heteroatoms. The van der Waals surface area contributed by atoms with Crippen LogP contribution in [0.15, 0.2) is 10.5 Å². The third-order valence-corrected chi connectivity index (χ3v) is 6.76. The quantitative estimate of drug-likeness (QED) is 0.800. The van der Waals surface area contributed by atoms with Crippen LogP contribution >= 0.6 is 0 Å². The van der Waals surface area contributed by atoms with Gasteiger partial charge in [-0.15, -0.1) is 0 Å². The Hall–Kier alpha value is -1.82. The maximum atomic E-state index is 12.8. The van der Waals surface area contributed by atoms with Crippen LogP contribution in [0.2, 0.25) is 0 Å². The van der Waals surface area contributed by atoms with E-state index in [0.29, 0.717) is 23.3 Å². The monoisotopic (exact) mass is 387 g/mol. The molecular formula is C22H33N3O3. The minimum absolute atomic E-state index is 0.0912. The van der Waals surface area contributed by atoms with Crippen molar-refractivity contribution in [3.63, 3.8) is 0 Å². The maximum absolute atomic E-state index is 12.8. The topological polar surface area (TPSA) is 57.0 Å². The highest BCUT2D eigenvalue weighted by atomic mass is 16.3. The van der Waals surface area contributed by atoms with Gasteiger partial charge in [-0.3, -0.25) is 14.5 Å². The first kappa shape index (κ1) is 19.5. The average Bonchev–Trinajstić information content (AvgIpc) is 3.37. The van der Waals surface area contributed by atoms with Crippen molar-refractivity contribution in [2.24, 2.45) is 5.92 Å². The second-order valence-electron chi connectivity index (χ2n) is 8.72. The van der Waals surface area contributed by atoms with E-state index in [0.717, 1.165) is 83.6 Å². The Morgan fingerprint density at radius 2 is 1.64 bits per heavy atom. The zero-order valence-corrected chi connectivity index (χ0v) is 17.3. The van der Waals surface area contributed by atoms with E-state index in [1.54, 1.807) is 0 Å². The summed E-state index contributed by atoms with van der Waals surface area (Å²) in [4.78, 5) is 32.2. The lowest BCUT2D eigenvalue weighted by atomic mass is 9.92. The fraction of sp³-hybridized carbons (Fsp3) is 0.727. The van der Waals surface area contributed by atoms with Gasteiger partial charge in [-0.05, 0) is 65.0 Å².